The van der Waals surface area contributed by atoms with Gasteiger partial charge in [-0.2, -0.15) is 4.39 Å². The van der Waals surface area contributed by atoms with Gasteiger partial charge in [-0.05, 0) is 37.8 Å². The molecular formula is C11H16FN. The predicted molar refractivity (Wildman–Crippen MR) is 52.5 cm³/mol. The van der Waals surface area contributed by atoms with E-state index >= 15 is 0 Å². The smallest absolute Gasteiger partial charge is 0.216 e. The molecule has 0 saturated heterocycles. The molecule has 1 nitrogen and oxygen atoms in total. The van der Waals surface area contributed by atoms with Gasteiger partial charge in [0.25, 0.3) is 0 Å². The van der Waals surface area contributed by atoms with E-state index in [1.807, 2.05) is 27.7 Å². The highest BCUT2D eigenvalue weighted by Gasteiger charge is 2.12. The summed E-state index contributed by atoms with van der Waals surface area (Å²) in [5, 5.41) is 0. The van der Waals surface area contributed by atoms with E-state index in [0.717, 1.165) is 16.8 Å². The van der Waals surface area contributed by atoms with Crippen LogP contribution in [0.2, 0.25) is 0 Å². The number of pyridine rings is 1. The summed E-state index contributed by atoms with van der Waals surface area (Å²) in [4.78, 5) is 3.97. The predicted octanol–water partition coefficient (Wildman–Crippen LogP) is 3.27. The van der Waals surface area contributed by atoms with Crippen LogP contribution in [-0.2, 0) is 0 Å². The summed E-state index contributed by atoms with van der Waals surface area (Å²) in [6.07, 6.45) is 0. The Morgan fingerprint density at radius 1 is 1.00 bits per heavy atom. The van der Waals surface area contributed by atoms with Crippen molar-refractivity contribution in [3.63, 3.8) is 0 Å². The van der Waals surface area contributed by atoms with Crippen molar-refractivity contribution in [1.29, 1.82) is 0 Å². The van der Waals surface area contributed by atoms with E-state index in [1.165, 1.54) is 0 Å². The topological polar surface area (TPSA) is 12.9 Å². The maximum atomic E-state index is 13.3. The highest BCUT2D eigenvalue weighted by Crippen LogP contribution is 2.22. The normalized spacial score (nSPS) is 11.0. The fourth-order valence-corrected chi connectivity index (χ4v) is 1.46. The zero-order chi connectivity index (χ0) is 10.2. The van der Waals surface area contributed by atoms with Gasteiger partial charge in [-0.25, -0.2) is 4.98 Å². The Hall–Kier alpha value is -0.920. The molecule has 2 heteroatoms. The Bertz CT molecular complexity index is 329. The number of hydrogen-bond acceptors (Lipinski definition) is 1. The standard InChI is InChI=1S/C11H16FN/c1-6(2)10-8(4)7(3)9(5)11(12)13-10/h6H,1-5H3. The summed E-state index contributed by atoms with van der Waals surface area (Å²) in [5.74, 6) is -0.0411. The van der Waals surface area contributed by atoms with Crippen molar-refractivity contribution in [2.75, 3.05) is 0 Å². The van der Waals surface area contributed by atoms with Crippen molar-refractivity contribution < 1.29 is 4.39 Å². The molecule has 0 amide bonds. The minimum atomic E-state index is -0.327. The van der Waals surface area contributed by atoms with Gasteiger partial charge in [0.15, 0.2) is 0 Å². The lowest BCUT2D eigenvalue weighted by Crippen LogP contribution is -2.04. The molecule has 0 aliphatic carbocycles. The molecule has 1 aromatic heterocycles. The SMILES string of the molecule is Cc1c(F)nc(C(C)C)c(C)c1C. The molecule has 0 bridgehead atoms. The first kappa shape index (κ1) is 10.2. The van der Waals surface area contributed by atoms with Gasteiger partial charge >= 0.3 is 0 Å². The second kappa shape index (κ2) is 3.44. The molecule has 1 heterocycles. The molecule has 0 radical (unpaired) electrons. The van der Waals surface area contributed by atoms with Crippen LogP contribution in [0, 0.1) is 26.7 Å². The van der Waals surface area contributed by atoms with Crippen LogP contribution in [0.15, 0.2) is 0 Å². The third-order valence-electron chi connectivity index (χ3n) is 2.58. The molecule has 13 heavy (non-hydrogen) atoms. The van der Waals surface area contributed by atoms with Gasteiger partial charge in [-0.15, -0.1) is 0 Å². The molecule has 0 aromatic carbocycles. The summed E-state index contributed by atoms with van der Waals surface area (Å²) < 4.78 is 13.3. The summed E-state index contributed by atoms with van der Waals surface area (Å²) in [6, 6.07) is 0. The van der Waals surface area contributed by atoms with Crippen LogP contribution in [0.4, 0.5) is 4.39 Å². The molecule has 0 aliphatic heterocycles. The lowest BCUT2D eigenvalue weighted by Gasteiger charge is -2.13. The molecule has 1 aromatic rings. The van der Waals surface area contributed by atoms with Gasteiger partial charge in [0, 0.05) is 11.3 Å². The molecule has 0 N–H and O–H groups in total. The molecule has 0 unspecified atom stereocenters. The van der Waals surface area contributed by atoms with Gasteiger partial charge < -0.3 is 0 Å². The van der Waals surface area contributed by atoms with Crippen LogP contribution in [0.5, 0.6) is 0 Å². The minimum absolute atomic E-state index is 0.286. The second-order valence-corrected chi connectivity index (χ2v) is 3.82. The Kier molecular flexibility index (Phi) is 2.69. The maximum absolute atomic E-state index is 13.3. The molecule has 0 saturated carbocycles. The number of rotatable bonds is 1. The Labute approximate surface area is 79.0 Å². The molecule has 0 fully saturated rings. The average Bonchev–Trinajstić information content (AvgIpc) is 2.07. The third-order valence-corrected chi connectivity index (χ3v) is 2.58. The van der Waals surface area contributed by atoms with E-state index in [2.05, 4.69) is 4.98 Å². The van der Waals surface area contributed by atoms with Crippen LogP contribution >= 0.6 is 0 Å². The van der Waals surface area contributed by atoms with Gasteiger partial charge in [-0.1, -0.05) is 13.8 Å². The van der Waals surface area contributed by atoms with E-state index in [-0.39, 0.29) is 11.9 Å². The highest BCUT2D eigenvalue weighted by molar-refractivity contribution is 5.35. The fourth-order valence-electron chi connectivity index (χ4n) is 1.46. The van der Waals surface area contributed by atoms with Crippen molar-refractivity contribution in [3.05, 3.63) is 28.3 Å². The lowest BCUT2D eigenvalue weighted by atomic mass is 9.98. The van der Waals surface area contributed by atoms with Gasteiger partial charge in [0.2, 0.25) is 5.95 Å². The van der Waals surface area contributed by atoms with Crippen LogP contribution in [0.25, 0.3) is 0 Å². The van der Waals surface area contributed by atoms with E-state index in [1.54, 1.807) is 6.92 Å². The van der Waals surface area contributed by atoms with Crippen LogP contribution in [-0.4, -0.2) is 4.98 Å². The molecule has 0 aliphatic rings. The zero-order valence-electron chi connectivity index (χ0n) is 8.90. The Morgan fingerprint density at radius 3 is 2.00 bits per heavy atom. The third kappa shape index (κ3) is 1.71. The Morgan fingerprint density at radius 2 is 1.54 bits per heavy atom. The molecule has 0 spiro atoms. The number of hydrogen-bond donors (Lipinski definition) is 0. The van der Waals surface area contributed by atoms with Crippen molar-refractivity contribution in [2.24, 2.45) is 0 Å². The monoisotopic (exact) mass is 181 g/mol. The summed E-state index contributed by atoms with van der Waals surface area (Å²) in [5.41, 5.74) is 3.69. The first-order chi connectivity index (χ1) is 5.95. The summed E-state index contributed by atoms with van der Waals surface area (Å²) in [6.45, 7) is 9.78. The Balaban J connectivity index is 3.41. The second-order valence-electron chi connectivity index (χ2n) is 3.82. The van der Waals surface area contributed by atoms with Crippen molar-refractivity contribution in [1.82, 2.24) is 4.98 Å². The minimum Gasteiger partial charge on any atom is -0.224 e. The van der Waals surface area contributed by atoms with Crippen LogP contribution in [0.1, 0.15) is 42.1 Å². The summed E-state index contributed by atoms with van der Waals surface area (Å²) in [7, 11) is 0. The quantitative estimate of drug-likeness (QED) is 0.606. The van der Waals surface area contributed by atoms with Crippen molar-refractivity contribution >= 4 is 0 Å². The first-order valence-corrected chi connectivity index (χ1v) is 4.58. The van der Waals surface area contributed by atoms with Crippen LogP contribution in [0.3, 0.4) is 0 Å². The van der Waals surface area contributed by atoms with Crippen molar-refractivity contribution in [3.8, 4) is 0 Å². The molecule has 72 valence electrons. The molecule has 1 rings (SSSR count). The largest absolute Gasteiger partial charge is 0.224 e. The zero-order valence-corrected chi connectivity index (χ0v) is 8.90. The average molecular weight is 181 g/mol. The van der Waals surface area contributed by atoms with Gasteiger partial charge in [-0.3, -0.25) is 0 Å². The molecule has 0 atom stereocenters. The number of halogens is 1. The van der Waals surface area contributed by atoms with E-state index < -0.39 is 0 Å². The fraction of sp³-hybridized carbons (Fsp3) is 0.545. The van der Waals surface area contributed by atoms with Gasteiger partial charge in [0.05, 0.1) is 0 Å². The van der Waals surface area contributed by atoms with E-state index in [9.17, 15) is 4.39 Å². The highest BCUT2D eigenvalue weighted by atomic mass is 19.1. The number of aromatic nitrogens is 1. The maximum Gasteiger partial charge on any atom is 0.216 e. The van der Waals surface area contributed by atoms with Crippen LogP contribution < -0.4 is 0 Å². The van der Waals surface area contributed by atoms with E-state index in [4.69, 9.17) is 0 Å². The lowest BCUT2D eigenvalue weighted by molar-refractivity contribution is 0.558. The van der Waals surface area contributed by atoms with E-state index in [0.29, 0.717) is 5.56 Å². The first-order valence-electron chi connectivity index (χ1n) is 4.58. The summed E-state index contributed by atoms with van der Waals surface area (Å²) >= 11 is 0. The number of nitrogens with zero attached hydrogens (tertiary/aromatic N) is 1. The van der Waals surface area contributed by atoms with Gasteiger partial charge in [0.1, 0.15) is 0 Å². The van der Waals surface area contributed by atoms with Crippen molar-refractivity contribution in [2.45, 2.75) is 40.5 Å². The molecular weight excluding hydrogens is 165 g/mol.